The summed E-state index contributed by atoms with van der Waals surface area (Å²) in [5.41, 5.74) is 2.86. The van der Waals surface area contributed by atoms with Gasteiger partial charge >= 0.3 is 0 Å². The summed E-state index contributed by atoms with van der Waals surface area (Å²) in [6.07, 6.45) is 5.09. The number of fused-ring (bicyclic) bond motifs is 1. The first-order valence-corrected chi connectivity index (χ1v) is 14.2. The van der Waals surface area contributed by atoms with Crippen molar-refractivity contribution in [3.8, 4) is 0 Å². The number of hydrogen-bond donors (Lipinski definition) is 0. The summed E-state index contributed by atoms with van der Waals surface area (Å²) in [6, 6.07) is 12.7. The first-order chi connectivity index (χ1) is 18.1. The van der Waals surface area contributed by atoms with Crippen LogP contribution in [0.4, 0.5) is 11.4 Å². The second kappa shape index (κ2) is 10.2. The first-order valence-electron chi connectivity index (χ1n) is 12.4. The second-order valence-corrected chi connectivity index (χ2v) is 11.3. The molecule has 1 amide bonds. The topological polar surface area (TPSA) is 88.3 Å². The van der Waals surface area contributed by atoms with E-state index in [2.05, 4.69) is 23.6 Å². The number of rotatable bonds is 5. The predicted octanol–water partition coefficient (Wildman–Crippen LogP) is 5.99. The van der Waals surface area contributed by atoms with Crippen LogP contribution in [0.1, 0.15) is 45.4 Å². The molecule has 0 spiro atoms. The van der Waals surface area contributed by atoms with Crippen LogP contribution in [0.25, 0.3) is 6.08 Å². The van der Waals surface area contributed by atoms with E-state index in [0.717, 1.165) is 29.9 Å². The van der Waals surface area contributed by atoms with Crippen LogP contribution >= 0.6 is 22.7 Å². The SMILES string of the molecule is O=C(c1ccc(N2CCOCC2)c([N+](=O)[O-])c1)N1N=C2/C(=C/c3cccs3)CCC[C@@H]2[C@@H]1c1cccs1. The zero-order chi connectivity index (χ0) is 25.4. The molecule has 6 rings (SSSR count). The molecule has 1 aliphatic carbocycles. The number of anilines is 1. The number of allylic oxidation sites excluding steroid dienone is 1. The Morgan fingerprint density at radius 1 is 1.14 bits per heavy atom. The Balaban J connectivity index is 1.38. The largest absolute Gasteiger partial charge is 0.378 e. The van der Waals surface area contributed by atoms with E-state index in [1.807, 2.05) is 22.4 Å². The van der Waals surface area contributed by atoms with Gasteiger partial charge in [-0.05, 0) is 65.9 Å². The van der Waals surface area contributed by atoms with Crippen molar-refractivity contribution in [3.05, 3.63) is 84.2 Å². The lowest BCUT2D eigenvalue weighted by atomic mass is 9.79. The molecule has 3 aliphatic rings. The summed E-state index contributed by atoms with van der Waals surface area (Å²) in [5.74, 6) is -0.211. The van der Waals surface area contributed by atoms with Crippen molar-refractivity contribution in [2.24, 2.45) is 11.0 Å². The van der Waals surface area contributed by atoms with Crippen LogP contribution in [-0.2, 0) is 4.74 Å². The van der Waals surface area contributed by atoms with Crippen LogP contribution in [-0.4, -0.2) is 47.9 Å². The van der Waals surface area contributed by atoms with Crippen molar-refractivity contribution in [2.45, 2.75) is 25.3 Å². The van der Waals surface area contributed by atoms with Crippen LogP contribution in [0.2, 0.25) is 0 Å². The quantitative estimate of drug-likeness (QED) is 0.296. The molecule has 3 aromatic rings. The lowest BCUT2D eigenvalue weighted by Gasteiger charge is -2.29. The van der Waals surface area contributed by atoms with E-state index >= 15 is 0 Å². The highest BCUT2D eigenvalue weighted by atomic mass is 32.1. The zero-order valence-electron chi connectivity index (χ0n) is 20.1. The van der Waals surface area contributed by atoms with E-state index in [4.69, 9.17) is 9.84 Å². The van der Waals surface area contributed by atoms with E-state index in [1.165, 1.54) is 16.5 Å². The maximum atomic E-state index is 13.9. The van der Waals surface area contributed by atoms with Gasteiger partial charge < -0.3 is 9.64 Å². The monoisotopic (exact) mass is 534 g/mol. The molecule has 4 heterocycles. The maximum absolute atomic E-state index is 13.9. The van der Waals surface area contributed by atoms with Gasteiger partial charge in [0.2, 0.25) is 0 Å². The number of morpholine rings is 1. The number of ether oxygens (including phenoxy) is 1. The van der Waals surface area contributed by atoms with Crippen molar-refractivity contribution >= 4 is 51.7 Å². The third-order valence-electron chi connectivity index (χ3n) is 7.17. The Labute approximate surface area is 222 Å². The van der Waals surface area contributed by atoms with Crippen molar-refractivity contribution in [3.63, 3.8) is 0 Å². The standard InChI is InChI=1S/C27H26N4O4S2/c32-27(19-8-9-22(23(17-19)31(33)34)29-10-12-35-13-11-29)30-26(24-7-3-15-37-24)21-6-1-4-18(25(21)28-30)16-20-5-2-14-36-20/h2-3,5,7-9,14-17,21,26H,1,4,6,10-13H2/b18-16+/t21-,26+/m0/s1. The van der Waals surface area contributed by atoms with E-state index in [1.54, 1.807) is 39.8 Å². The fraction of sp³-hybridized carbons (Fsp3) is 0.333. The molecule has 2 aliphatic heterocycles. The molecular weight excluding hydrogens is 508 g/mol. The number of hydrogen-bond acceptors (Lipinski definition) is 8. The Morgan fingerprint density at radius 2 is 1.95 bits per heavy atom. The minimum atomic E-state index is -0.407. The minimum Gasteiger partial charge on any atom is -0.378 e. The lowest BCUT2D eigenvalue weighted by molar-refractivity contribution is -0.384. The van der Waals surface area contributed by atoms with Gasteiger partial charge in [0.1, 0.15) is 5.69 Å². The lowest BCUT2D eigenvalue weighted by Crippen LogP contribution is -2.36. The van der Waals surface area contributed by atoms with Crippen LogP contribution in [0.15, 0.2) is 63.9 Å². The third-order valence-corrected chi connectivity index (χ3v) is 8.94. The number of carbonyl (C=O) groups excluding carboxylic acids is 1. The van der Waals surface area contributed by atoms with E-state index in [0.29, 0.717) is 32.0 Å². The molecule has 0 bridgehead atoms. The number of nitrogens with zero attached hydrogens (tertiary/aromatic N) is 4. The molecule has 37 heavy (non-hydrogen) atoms. The van der Waals surface area contributed by atoms with Crippen LogP contribution < -0.4 is 4.90 Å². The average molecular weight is 535 g/mol. The van der Waals surface area contributed by atoms with Crippen molar-refractivity contribution < 1.29 is 14.5 Å². The molecule has 1 saturated carbocycles. The van der Waals surface area contributed by atoms with Crippen molar-refractivity contribution in [1.82, 2.24) is 5.01 Å². The molecule has 2 atom stereocenters. The van der Waals surface area contributed by atoms with Gasteiger partial charge in [0.25, 0.3) is 11.6 Å². The van der Waals surface area contributed by atoms with Gasteiger partial charge in [-0.3, -0.25) is 14.9 Å². The van der Waals surface area contributed by atoms with Crippen LogP contribution in [0.5, 0.6) is 0 Å². The highest BCUT2D eigenvalue weighted by molar-refractivity contribution is 7.11. The fourth-order valence-corrected chi connectivity index (χ4v) is 7.01. The molecule has 0 radical (unpaired) electrons. The molecule has 2 aromatic heterocycles. The molecule has 8 nitrogen and oxygen atoms in total. The number of nitro groups is 1. The van der Waals surface area contributed by atoms with E-state index < -0.39 is 4.92 Å². The smallest absolute Gasteiger partial charge is 0.293 e. The summed E-state index contributed by atoms with van der Waals surface area (Å²) in [6.45, 7) is 2.20. The molecule has 1 saturated heterocycles. The molecule has 0 unspecified atom stereocenters. The van der Waals surface area contributed by atoms with Gasteiger partial charge in [0.05, 0.1) is 29.9 Å². The molecule has 0 N–H and O–H groups in total. The molecule has 10 heteroatoms. The Bertz CT molecular complexity index is 1360. The highest BCUT2D eigenvalue weighted by Gasteiger charge is 2.44. The highest BCUT2D eigenvalue weighted by Crippen LogP contribution is 2.46. The van der Waals surface area contributed by atoms with Gasteiger partial charge in [-0.1, -0.05) is 12.1 Å². The van der Waals surface area contributed by atoms with Gasteiger partial charge in [0, 0.05) is 40.4 Å². The van der Waals surface area contributed by atoms with Crippen LogP contribution in [0, 0.1) is 16.0 Å². The van der Waals surface area contributed by atoms with Gasteiger partial charge in [0.15, 0.2) is 0 Å². The normalized spacial score (nSPS) is 22.7. The Hall–Kier alpha value is -3.34. The number of carbonyl (C=O) groups is 1. The summed E-state index contributed by atoms with van der Waals surface area (Å²) < 4.78 is 5.40. The Morgan fingerprint density at radius 3 is 2.68 bits per heavy atom. The van der Waals surface area contributed by atoms with E-state index in [9.17, 15) is 14.9 Å². The average Bonchev–Trinajstić information content (AvgIpc) is 3.70. The van der Waals surface area contributed by atoms with Gasteiger partial charge in [-0.2, -0.15) is 5.10 Å². The number of benzene rings is 1. The van der Waals surface area contributed by atoms with Gasteiger partial charge in [-0.15, -0.1) is 22.7 Å². The number of amides is 1. The van der Waals surface area contributed by atoms with Crippen LogP contribution in [0.3, 0.4) is 0 Å². The summed E-state index contributed by atoms with van der Waals surface area (Å²) >= 11 is 3.30. The molecular formula is C27H26N4O4S2. The van der Waals surface area contributed by atoms with E-state index in [-0.39, 0.29) is 29.1 Å². The predicted molar refractivity (Wildman–Crippen MR) is 146 cm³/mol. The molecule has 190 valence electrons. The number of hydrazone groups is 1. The molecule has 2 fully saturated rings. The third kappa shape index (κ3) is 4.60. The maximum Gasteiger partial charge on any atom is 0.293 e. The number of thiophene rings is 2. The summed E-state index contributed by atoms with van der Waals surface area (Å²) in [4.78, 5) is 29.7. The van der Waals surface area contributed by atoms with Gasteiger partial charge in [-0.25, -0.2) is 5.01 Å². The Kier molecular flexibility index (Phi) is 6.62. The first kappa shape index (κ1) is 24.0. The summed E-state index contributed by atoms with van der Waals surface area (Å²) in [7, 11) is 0. The van der Waals surface area contributed by atoms with Crippen molar-refractivity contribution in [1.29, 1.82) is 0 Å². The summed E-state index contributed by atoms with van der Waals surface area (Å²) in [5, 5.41) is 22.6. The zero-order valence-corrected chi connectivity index (χ0v) is 21.7. The van der Waals surface area contributed by atoms with Crippen molar-refractivity contribution in [2.75, 3.05) is 31.2 Å². The minimum absolute atomic E-state index is 0.0667. The fourth-order valence-electron chi connectivity index (χ4n) is 5.46. The second-order valence-electron chi connectivity index (χ2n) is 9.34. The molecule has 1 aromatic carbocycles. The number of nitro benzene ring substituents is 1.